The first-order valence-electron chi connectivity index (χ1n) is 7.96. The van der Waals surface area contributed by atoms with Gasteiger partial charge in [-0.25, -0.2) is 4.98 Å². The Bertz CT molecular complexity index is 955. The standard InChI is InChI=1S/C18H19N3O4/c1-11(2)18(23)20-13-4-6-15(7-5-13)24-10-14-9-17(22)21-16(19-14)8-12(3)25-21/h4-9,11H,10H2,1-3H3,(H,20,23). The Hall–Kier alpha value is -3.09. The highest BCUT2D eigenvalue weighted by molar-refractivity contribution is 5.92. The highest BCUT2D eigenvalue weighted by Crippen LogP contribution is 2.17. The topological polar surface area (TPSA) is 85.8 Å². The Balaban J connectivity index is 1.67. The summed E-state index contributed by atoms with van der Waals surface area (Å²) in [5.74, 6) is 1.11. The molecule has 3 aromatic rings. The summed E-state index contributed by atoms with van der Waals surface area (Å²) in [7, 11) is 0. The van der Waals surface area contributed by atoms with Crippen LogP contribution in [0.5, 0.6) is 5.75 Å². The normalized spacial score (nSPS) is 11.0. The number of carbonyl (C=O) groups excluding carboxylic acids is 1. The smallest absolute Gasteiger partial charge is 0.287 e. The van der Waals surface area contributed by atoms with Crippen LogP contribution in [0.2, 0.25) is 0 Å². The number of fused-ring (bicyclic) bond motifs is 1. The van der Waals surface area contributed by atoms with E-state index in [0.29, 0.717) is 28.5 Å². The van der Waals surface area contributed by atoms with Gasteiger partial charge in [-0.05, 0) is 31.2 Å². The van der Waals surface area contributed by atoms with E-state index >= 15 is 0 Å². The van der Waals surface area contributed by atoms with Gasteiger partial charge < -0.3 is 14.6 Å². The Morgan fingerprint density at radius 1 is 1.28 bits per heavy atom. The van der Waals surface area contributed by atoms with Crippen LogP contribution in [0.3, 0.4) is 0 Å². The maximum absolute atomic E-state index is 12.0. The third-order valence-corrected chi connectivity index (χ3v) is 3.56. The van der Waals surface area contributed by atoms with Crippen LogP contribution in [0, 0.1) is 12.8 Å². The molecule has 0 spiro atoms. The number of nitrogens with one attached hydrogen (secondary N) is 1. The summed E-state index contributed by atoms with van der Waals surface area (Å²) in [6.45, 7) is 5.58. The van der Waals surface area contributed by atoms with Gasteiger partial charge in [0, 0.05) is 23.7 Å². The first-order valence-corrected chi connectivity index (χ1v) is 7.96. The number of benzene rings is 1. The molecule has 7 nitrogen and oxygen atoms in total. The fraction of sp³-hybridized carbons (Fsp3) is 0.278. The summed E-state index contributed by atoms with van der Waals surface area (Å²) in [6, 6.07) is 10.1. The van der Waals surface area contributed by atoms with E-state index in [1.54, 1.807) is 37.3 Å². The number of hydrogen-bond donors (Lipinski definition) is 1. The van der Waals surface area contributed by atoms with Crippen molar-refractivity contribution in [2.24, 2.45) is 5.92 Å². The van der Waals surface area contributed by atoms with Crippen LogP contribution >= 0.6 is 0 Å². The Morgan fingerprint density at radius 2 is 2.00 bits per heavy atom. The zero-order valence-electron chi connectivity index (χ0n) is 14.3. The predicted molar refractivity (Wildman–Crippen MR) is 92.7 cm³/mol. The number of ether oxygens (including phenoxy) is 1. The molecule has 0 aliphatic carbocycles. The van der Waals surface area contributed by atoms with Crippen LogP contribution in [-0.2, 0) is 11.4 Å². The number of anilines is 1. The largest absolute Gasteiger partial charge is 0.487 e. The van der Waals surface area contributed by atoms with Crippen molar-refractivity contribution in [3.63, 3.8) is 0 Å². The van der Waals surface area contributed by atoms with E-state index in [1.807, 2.05) is 13.8 Å². The van der Waals surface area contributed by atoms with Gasteiger partial charge in [0.1, 0.15) is 18.1 Å². The number of aromatic nitrogens is 2. The van der Waals surface area contributed by atoms with Gasteiger partial charge in [0.25, 0.3) is 5.56 Å². The van der Waals surface area contributed by atoms with E-state index < -0.39 is 0 Å². The number of hydrogen-bond acceptors (Lipinski definition) is 5. The summed E-state index contributed by atoms with van der Waals surface area (Å²) < 4.78 is 12.0. The van der Waals surface area contributed by atoms with Crippen LogP contribution in [0.15, 0.2) is 45.7 Å². The Labute approximate surface area is 144 Å². The molecule has 0 aliphatic heterocycles. The highest BCUT2D eigenvalue weighted by atomic mass is 16.5. The van der Waals surface area contributed by atoms with Crippen LogP contribution in [0.1, 0.15) is 25.3 Å². The SMILES string of the molecule is Cc1cc2nc(COc3ccc(NC(=O)C(C)C)cc3)cc(=O)n2o1. The number of carbonyl (C=O) groups is 1. The van der Waals surface area contributed by atoms with E-state index in [2.05, 4.69) is 10.3 Å². The zero-order chi connectivity index (χ0) is 18.0. The zero-order valence-corrected chi connectivity index (χ0v) is 14.3. The molecule has 2 aromatic heterocycles. The lowest BCUT2D eigenvalue weighted by molar-refractivity contribution is -0.118. The van der Waals surface area contributed by atoms with Crippen molar-refractivity contribution in [3.8, 4) is 5.75 Å². The minimum Gasteiger partial charge on any atom is -0.487 e. The molecule has 130 valence electrons. The molecule has 1 amide bonds. The molecule has 1 N–H and O–H groups in total. The first kappa shape index (κ1) is 16.8. The van der Waals surface area contributed by atoms with Crippen molar-refractivity contribution in [1.29, 1.82) is 0 Å². The molecule has 0 radical (unpaired) electrons. The van der Waals surface area contributed by atoms with Crippen LogP contribution in [-0.4, -0.2) is 15.5 Å². The lowest BCUT2D eigenvalue weighted by atomic mass is 10.2. The van der Waals surface area contributed by atoms with Crippen LogP contribution in [0.25, 0.3) is 5.65 Å². The molecule has 3 rings (SSSR count). The van der Waals surface area contributed by atoms with E-state index in [1.165, 1.54) is 6.07 Å². The van der Waals surface area contributed by atoms with Crippen molar-refractivity contribution in [3.05, 3.63) is 58.2 Å². The number of amides is 1. The van der Waals surface area contributed by atoms with Gasteiger partial charge in [-0.3, -0.25) is 9.59 Å². The Kier molecular flexibility index (Phi) is 4.56. The van der Waals surface area contributed by atoms with E-state index in [-0.39, 0.29) is 24.0 Å². The maximum Gasteiger partial charge on any atom is 0.287 e. The van der Waals surface area contributed by atoms with Gasteiger partial charge in [0.05, 0.1) is 5.69 Å². The summed E-state index contributed by atoms with van der Waals surface area (Å²) >= 11 is 0. The monoisotopic (exact) mass is 341 g/mol. The quantitative estimate of drug-likeness (QED) is 0.771. The summed E-state index contributed by atoms with van der Waals surface area (Å²) in [5.41, 5.74) is 1.39. The van der Waals surface area contributed by atoms with E-state index in [4.69, 9.17) is 9.26 Å². The molecule has 2 heterocycles. The fourth-order valence-corrected chi connectivity index (χ4v) is 2.23. The van der Waals surface area contributed by atoms with Gasteiger partial charge in [-0.15, -0.1) is 4.57 Å². The van der Waals surface area contributed by atoms with Crippen molar-refractivity contribution in [2.45, 2.75) is 27.4 Å². The Morgan fingerprint density at radius 3 is 2.68 bits per heavy atom. The lowest BCUT2D eigenvalue weighted by Gasteiger charge is -2.09. The van der Waals surface area contributed by atoms with E-state index in [0.717, 1.165) is 4.57 Å². The molecule has 0 fully saturated rings. The van der Waals surface area contributed by atoms with Crippen molar-refractivity contribution in [1.82, 2.24) is 9.56 Å². The molecule has 0 aliphatic rings. The van der Waals surface area contributed by atoms with Crippen molar-refractivity contribution in [2.75, 3.05) is 5.32 Å². The van der Waals surface area contributed by atoms with Gasteiger partial charge >= 0.3 is 0 Å². The second-order valence-electron chi connectivity index (χ2n) is 6.04. The summed E-state index contributed by atoms with van der Waals surface area (Å²) in [4.78, 5) is 28.0. The molecule has 1 aromatic carbocycles. The van der Waals surface area contributed by atoms with Crippen LogP contribution in [0.4, 0.5) is 5.69 Å². The van der Waals surface area contributed by atoms with Gasteiger partial charge in [0.15, 0.2) is 5.65 Å². The molecule has 0 bridgehead atoms. The average molecular weight is 341 g/mol. The third kappa shape index (κ3) is 3.88. The van der Waals surface area contributed by atoms with Crippen molar-refractivity contribution >= 4 is 17.2 Å². The number of aryl methyl sites for hydroxylation is 1. The minimum atomic E-state index is -0.288. The molecule has 7 heteroatoms. The van der Waals surface area contributed by atoms with Gasteiger partial charge in [-0.1, -0.05) is 13.8 Å². The molecule has 0 unspecified atom stereocenters. The molecule has 25 heavy (non-hydrogen) atoms. The van der Waals surface area contributed by atoms with Gasteiger partial charge in [-0.2, -0.15) is 0 Å². The average Bonchev–Trinajstić information content (AvgIpc) is 2.95. The van der Waals surface area contributed by atoms with Gasteiger partial charge in [0.2, 0.25) is 5.91 Å². The molecule has 0 saturated carbocycles. The predicted octanol–water partition coefficient (Wildman–Crippen LogP) is 2.77. The third-order valence-electron chi connectivity index (χ3n) is 3.56. The highest BCUT2D eigenvalue weighted by Gasteiger charge is 2.08. The second-order valence-corrected chi connectivity index (χ2v) is 6.04. The molecule has 0 saturated heterocycles. The lowest BCUT2D eigenvalue weighted by Crippen LogP contribution is -2.17. The molecule has 0 atom stereocenters. The fourth-order valence-electron chi connectivity index (χ4n) is 2.23. The maximum atomic E-state index is 12.0. The van der Waals surface area contributed by atoms with Crippen molar-refractivity contribution < 1.29 is 14.1 Å². The van der Waals surface area contributed by atoms with Crippen LogP contribution < -0.4 is 15.6 Å². The summed E-state index contributed by atoms with van der Waals surface area (Å²) in [6.07, 6.45) is 0. The summed E-state index contributed by atoms with van der Waals surface area (Å²) in [5, 5.41) is 2.81. The number of nitrogens with zero attached hydrogens (tertiary/aromatic N) is 2. The van der Waals surface area contributed by atoms with E-state index in [9.17, 15) is 9.59 Å². The first-order chi connectivity index (χ1) is 11.9. The minimum absolute atomic E-state index is 0.0398. The second kappa shape index (κ2) is 6.80. The molecular weight excluding hydrogens is 322 g/mol. The molecular formula is C18H19N3O4. The number of rotatable bonds is 5.